The number of hydrogen-bond acceptors (Lipinski definition) is 4. The van der Waals surface area contributed by atoms with E-state index in [4.69, 9.17) is 16.3 Å². The average Bonchev–Trinajstić information content (AvgIpc) is 3.17. The number of fused-ring (bicyclic) bond motifs is 3. The summed E-state index contributed by atoms with van der Waals surface area (Å²) in [5, 5.41) is 9.12. The molecular formula is C27H23ClN4O3. The van der Waals surface area contributed by atoms with Gasteiger partial charge >= 0.3 is 0 Å². The summed E-state index contributed by atoms with van der Waals surface area (Å²) in [5.74, 6) is 0.0656. The highest BCUT2D eigenvalue weighted by atomic mass is 35.5. The van der Waals surface area contributed by atoms with Crippen LogP contribution in [0, 0.1) is 0 Å². The number of carbonyl (C=O) groups is 1. The Hall–Kier alpha value is -4.10. The molecule has 35 heavy (non-hydrogen) atoms. The van der Waals surface area contributed by atoms with Crippen LogP contribution in [0.3, 0.4) is 0 Å². The Balaban J connectivity index is 1.77. The summed E-state index contributed by atoms with van der Waals surface area (Å²) in [4.78, 5) is 27.3. The molecule has 3 aromatic carbocycles. The van der Waals surface area contributed by atoms with E-state index in [0.717, 1.165) is 22.9 Å². The van der Waals surface area contributed by atoms with Crippen LogP contribution in [0.1, 0.15) is 23.0 Å². The molecule has 1 N–H and O–H groups in total. The third-order valence-electron chi connectivity index (χ3n) is 6.13. The molecule has 0 fully saturated rings. The number of benzene rings is 3. The number of para-hydroxylation sites is 1. The van der Waals surface area contributed by atoms with Crippen molar-refractivity contribution in [2.45, 2.75) is 13.3 Å². The SMILES string of the molecule is CCc1cccc(NC(=O)c2nn(-c3ccc(OC)c(Cl)c3)c(=O)c3c2c2ccccc2n3C)c1. The van der Waals surface area contributed by atoms with Crippen LogP contribution < -0.4 is 15.6 Å². The van der Waals surface area contributed by atoms with E-state index < -0.39 is 5.91 Å². The fourth-order valence-electron chi connectivity index (χ4n) is 4.36. The molecule has 0 saturated heterocycles. The van der Waals surface area contributed by atoms with Gasteiger partial charge in [-0.2, -0.15) is 9.78 Å². The lowest BCUT2D eigenvalue weighted by atomic mass is 10.1. The number of amides is 1. The van der Waals surface area contributed by atoms with Gasteiger partial charge in [-0.05, 0) is 48.4 Å². The summed E-state index contributed by atoms with van der Waals surface area (Å²) in [7, 11) is 3.33. The first kappa shape index (κ1) is 22.7. The molecule has 0 saturated carbocycles. The molecule has 2 aromatic heterocycles. The Morgan fingerprint density at radius 2 is 1.89 bits per heavy atom. The second kappa shape index (κ2) is 8.92. The number of rotatable bonds is 5. The van der Waals surface area contributed by atoms with Crippen LogP contribution in [0.25, 0.3) is 27.5 Å². The third kappa shape index (κ3) is 3.84. The Morgan fingerprint density at radius 1 is 1.09 bits per heavy atom. The van der Waals surface area contributed by atoms with Crippen LogP contribution in [-0.4, -0.2) is 27.4 Å². The van der Waals surface area contributed by atoms with Crippen LogP contribution >= 0.6 is 11.6 Å². The monoisotopic (exact) mass is 486 g/mol. The summed E-state index contributed by atoms with van der Waals surface area (Å²) in [6.45, 7) is 2.05. The van der Waals surface area contributed by atoms with Gasteiger partial charge in [-0.25, -0.2) is 0 Å². The van der Waals surface area contributed by atoms with Gasteiger partial charge in [0.05, 0.1) is 17.8 Å². The molecular weight excluding hydrogens is 464 g/mol. The molecule has 0 unspecified atom stereocenters. The number of aromatic nitrogens is 3. The summed E-state index contributed by atoms with van der Waals surface area (Å²) in [6, 6.07) is 20.2. The number of methoxy groups -OCH3 is 1. The Kier molecular flexibility index (Phi) is 5.78. The number of carbonyl (C=O) groups excluding carboxylic acids is 1. The number of aryl methyl sites for hydroxylation is 2. The molecule has 0 aliphatic rings. The number of anilines is 1. The van der Waals surface area contributed by atoms with E-state index in [2.05, 4.69) is 17.3 Å². The topological polar surface area (TPSA) is 78.2 Å². The van der Waals surface area contributed by atoms with Crippen molar-refractivity contribution in [1.82, 2.24) is 14.3 Å². The smallest absolute Gasteiger partial charge is 0.296 e. The van der Waals surface area contributed by atoms with E-state index in [9.17, 15) is 9.59 Å². The third-order valence-corrected chi connectivity index (χ3v) is 6.42. The first-order valence-corrected chi connectivity index (χ1v) is 11.6. The zero-order chi connectivity index (χ0) is 24.7. The van der Waals surface area contributed by atoms with Crippen molar-refractivity contribution >= 4 is 45.0 Å². The highest BCUT2D eigenvalue weighted by Crippen LogP contribution is 2.30. The minimum Gasteiger partial charge on any atom is -0.495 e. The zero-order valence-corrected chi connectivity index (χ0v) is 20.3. The fourth-order valence-corrected chi connectivity index (χ4v) is 4.61. The Labute approximate surface area is 206 Å². The molecule has 7 nitrogen and oxygen atoms in total. The molecule has 176 valence electrons. The van der Waals surface area contributed by atoms with Crippen LogP contribution in [0.15, 0.2) is 71.5 Å². The van der Waals surface area contributed by atoms with Gasteiger partial charge in [-0.3, -0.25) is 9.59 Å². The van der Waals surface area contributed by atoms with Crippen LogP contribution in [-0.2, 0) is 13.5 Å². The molecule has 5 rings (SSSR count). The quantitative estimate of drug-likeness (QED) is 0.363. The Morgan fingerprint density at radius 3 is 2.63 bits per heavy atom. The van der Waals surface area contributed by atoms with Gasteiger partial charge in [0, 0.05) is 29.0 Å². The minimum atomic E-state index is -0.409. The maximum absolute atomic E-state index is 13.7. The summed E-state index contributed by atoms with van der Waals surface area (Å²) < 4.78 is 8.24. The van der Waals surface area contributed by atoms with E-state index in [1.807, 2.05) is 55.6 Å². The second-order valence-corrected chi connectivity index (χ2v) is 8.60. The van der Waals surface area contributed by atoms with Crippen molar-refractivity contribution in [3.8, 4) is 11.4 Å². The van der Waals surface area contributed by atoms with E-state index in [1.165, 1.54) is 11.8 Å². The zero-order valence-electron chi connectivity index (χ0n) is 19.5. The predicted molar refractivity (Wildman–Crippen MR) is 139 cm³/mol. The van der Waals surface area contributed by atoms with Crippen LogP contribution in [0.4, 0.5) is 5.69 Å². The number of ether oxygens (including phenoxy) is 1. The van der Waals surface area contributed by atoms with Crippen molar-refractivity contribution in [3.63, 3.8) is 0 Å². The maximum Gasteiger partial charge on any atom is 0.296 e. The lowest BCUT2D eigenvalue weighted by molar-refractivity contribution is 0.102. The molecule has 0 spiro atoms. The van der Waals surface area contributed by atoms with E-state index in [0.29, 0.717) is 33.0 Å². The first-order chi connectivity index (χ1) is 16.9. The summed E-state index contributed by atoms with van der Waals surface area (Å²) >= 11 is 6.33. The van der Waals surface area contributed by atoms with Gasteiger partial charge in [0.25, 0.3) is 11.5 Å². The minimum absolute atomic E-state index is 0.144. The Bertz CT molecular complexity index is 1670. The van der Waals surface area contributed by atoms with Gasteiger partial charge < -0.3 is 14.6 Å². The highest BCUT2D eigenvalue weighted by molar-refractivity contribution is 6.32. The molecule has 8 heteroatoms. The van der Waals surface area contributed by atoms with E-state index >= 15 is 0 Å². The van der Waals surface area contributed by atoms with Gasteiger partial charge in [0.2, 0.25) is 0 Å². The molecule has 0 radical (unpaired) electrons. The van der Waals surface area contributed by atoms with Crippen LogP contribution in [0.5, 0.6) is 5.75 Å². The lowest BCUT2D eigenvalue weighted by Crippen LogP contribution is -2.27. The van der Waals surface area contributed by atoms with Gasteiger partial charge in [-0.15, -0.1) is 0 Å². The van der Waals surface area contributed by atoms with Crippen molar-refractivity contribution in [2.75, 3.05) is 12.4 Å². The maximum atomic E-state index is 13.7. The number of hydrogen-bond donors (Lipinski definition) is 1. The summed E-state index contributed by atoms with van der Waals surface area (Å²) in [5.41, 5.74) is 3.18. The van der Waals surface area contributed by atoms with Crippen LogP contribution in [0.2, 0.25) is 5.02 Å². The largest absolute Gasteiger partial charge is 0.495 e. The molecule has 0 bridgehead atoms. The molecule has 0 aliphatic carbocycles. The standard InChI is InChI=1S/C27H23ClN4O3/c1-4-16-8-7-9-17(14-16)29-26(33)24-23-19-10-5-6-11-21(19)31(2)25(23)27(34)32(30-24)18-12-13-22(35-3)20(28)15-18/h5-15H,4H2,1-3H3,(H,29,33). The predicted octanol–water partition coefficient (Wildman–Crippen LogP) is 5.35. The highest BCUT2D eigenvalue weighted by Gasteiger charge is 2.24. The number of halogens is 1. The number of nitrogens with zero attached hydrogens (tertiary/aromatic N) is 3. The molecule has 2 heterocycles. The fraction of sp³-hybridized carbons (Fsp3) is 0.148. The van der Waals surface area contributed by atoms with Crippen molar-refractivity contribution in [2.24, 2.45) is 7.05 Å². The molecule has 0 aliphatic heterocycles. The van der Waals surface area contributed by atoms with Crippen molar-refractivity contribution < 1.29 is 9.53 Å². The van der Waals surface area contributed by atoms with Crippen molar-refractivity contribution in [3.05, 3.63) is 93.4 Å². The van der Waals surface area contributed by atoms with Gasteiger partial charge in [-0.1, -0.05) is 48.9 Å². The average molecular weight is 487 g/mol. The van der Waals surface area contributed by atoms with Crippen molar-refractivity contribution in [1.29, 1.82) is 0 Å². The summed E-state index contributed by atoms with van der Waals surface area (Å²) in [6.07, 6.45) is 0.846. The lowest BCUT2D eigenvalue weighted by Gasteiger charge is -2.12. The normalized spacial score (nSPS) is 11.2. The van der Waals surface area contributed by atoms with Gasteiger partial charge in [0.1, 0.15) is 11.3 Å². The molecule has 1 amide bonds. The van der Waals surface area contributed by atoms with E-state index in [-0.39, 0.29) is 11.3 Å². The first-order valence-electron chi connectivity index (χ1n) is 11.2. The molecule has 5 aromatic rings. The van der Waals surface area contributed by atoms with Gasteiger partial charge in [0.15, 0.2) is 5.69 Å². The number of nitrogens with one attached hydrogen (secondary N) is 1. The second-order valence-electron chi connectivity index (χ2n) is 8.19. The molecule has 0 atom stereocenters. The van der Waals surface area contributed by atoms with E-state index in [1.54, 1.807) is 22.8 Å².